The Morgan fingerprint density at radius 3 is 1.65 bits per heavy atom. The van der Waals surface area contributed by atoms with Crippen molar-refractivity contribution in [2.24, 2.45) is 0 Å². The SMILES string of the molecule is c1ccc(-c2ccc(-c3nc(-c4ccccc4)nc(-c4cc5c6ccc7c8ccccc8ccc7c6[se]c5c5nc(-c6ccccc6)sc45)n3)cc2)cc1. The van der Waals surface area contributed by atoms with Crippen molar-refractivity contribution in [3.8, 4) is 55.9 Å². The third-order valence-corrected chi connectivity index (χ3v) is 14.0. The van der Waals surface area contributed by atoms with Crippen molar-refractivity contribution in [2.45, 2.75) is 0 Å². The minimum absolute atomic E-state index is 0.0609. The fraction of sp³-hybridized carbons (Fsp3) is 0. The minimum atomic E-state index is 0.0609. The number of aromatic nitrogens is 4. The second-order valence-corrected chi connectivity index (χ2v) is 16.5. The van der Waals surface area contributed by atoms with Gasteiger partial charge in [0.05, 0.1) is 0 Å². The number of benzene rings is 8. The molecule has 0 saturated carbocycles. The first-order chi connectivity index (χ1) is 26.7. The maximum atomic E-state index is 5.42. The quantitative estimate of drug-likeness (QED) is 0.129. The van der Waals surface area contributed by atoms with Gasteiger partial charge in [-0.2, -0.15) is 0 Å². The van der Waals surface area contributed by atoms with Gasteiger partial charge >= 0.3 is 292 Å². The summed E-state index contributed by atoms with van der Waals surface area (Å²) in [5.41, 5.74) is 7.35. The van der Waals surface area contributed by atoms with Gasteiger partial charge in [-0.3, -0.25) is 0 Å². The Bertz CT molecular complexity index is 3190. The van der Waals surface area contributed by atoms with E-state index in [1.807, 2.05) is 24.3 Å². The van der Waals surface area contributed by atoms with Crippen LogP contribution in [0.1, 0.15) is 0 Å². The van der Waals surface area contributed by atoms with Gasteiger partial charge in [-0.05, 0) is 0 Å². The predicted octanol–water partition coefficient (Wildman–Crippen LogP) is 12.5. The van der Waals surface area contributed by atoms with Crippen LogP contribution in [-0.2, 0) is 0 Å². The van der Waals surface area contributed by atoms with Crippen LogP contribution in [0, 0.1) is 0 Å². The van der Waals surface area contributed by atoms with E-state index in [2.05, 4.69) is 146 Å². The van der Waals surface area contributed by atoms with Gasteiger partial charge in [-0.25, -0.2) is 0 Å². The molecule has 0 N–H and O–H groups in total. The average molecular weight is 772 g/mol. The summed E-state index contributed by atoms with van der Waals surface area (Å²) < 4.78 is 3.84. The van der Waals surface area contributed by atoms with Crippen molar-refractivity contribution in [3.63, 3.8) is 0 Å². The van der Waals surface area contributed by atoms with Crippen LogP contribution in [0.4, 0.5) is 0 Å². The van der Waals surface area contributed by atoms with Crippen molar-refractivity contribution in [2.75, 3.05) is 0 Å². The molecule has 8 aromatic carbocycles. The van der Waals surface area contributed by atoms with Crippen LogP contribution in [0.15, 0.2) is 170 Å². The Kier molecular flexibility index (Phi) is 7.34. The van der Waals surface area contributed by atoms with Crippen molar-refractivity contribution in [1.82, 2.24) is 19.9 Å². The molecule has 0 aliphatic heterocycles. The summed E-state index contributed by atoms with van der Waals surface area (Å²) in [6, 6.07) is 59.9. The first kappa shape index (κ1) is 31.2. The fourth-order valence-electron chi connectivity index (χ4n) is 7.50. The monoisotopic (exact) mass is 772 g/mol. The molecule has 4 nitrogen and oxygen atoms in total. The average Bonchev–Trinajstić information content (AvgIpc) is 3.87. The zero-order chi connectivity index (χ0) is 35.6. The molecule has 252 valence electrons. The second kappa shape index (κ2) is 12.7. The summed E-state index contributed by atoms with van der Waals surface area (Å²) >= 11 is 1.78. The van der Waals surface area contributed by atoms with Crippen LogP contribution in [0.25, 0.3) is 107 Å². The van der Waals surface area contributed by atoms with E-state index >= 15 is 0 Å². The first-order valence-corrected chi connectivity index (χ1v) is 20.4. The number of nitrogens with zero attached hydrogens (tertiary/aromatic N) is 4. The van der Waals surface area contributed by atoms with Gasteiger partial charge in [0.15, 0.2) is 0 Å². The van der Waals surface area contributed by atoms with Gasteiger partial charge < -0.3 is 0 Å². The third-order valence-electron chi connectivity index (χ3n) is 10.2. The van der Waals surface area contributed by atoms with E-state index in [1.165, 1.54) is 46.4 Å². The van der Waals surface area contributed by atoms with Crippen LogP contribution in [0.5, 0.6) is 0 Å². The van der Waals surface area contributed by atoms with Crippen LogP contribution in [-0.4, -0.2) is 34.4 Å². The van der Waals surface area contributed by atoms with Crippen LogP contribution in [0.3, 0.4) is 0 Å². The van der Waals surface area contributed by atoms with E-state index < -0.39 is 0 Å². The van der Waals surface area contributed by atoms with Gasteiger partial charge in [0.25, 0.3) is 0 Å². The molecule has 0 saturated heterocycles. The van der Waals surface area contributed by atoms with E-state index in [9.17, 15) is 0 Å². The molecule has 6 heteroatoms. The molecule has 54 heavy (non-hydrogen) atoms. The number of hydrogen-bond acceptors (Lipinski definition) is 5. The maximum absolute atomic E-state index is 5.42. The summed E-state index contributed by atoms with van der Waals surface area (Å²) in [6.45, 7) is 0. The summed E-state index contributed by atoms with van der Waals surface area (Å²) in [4.78, 5) is 21.0. The van der Waals surface area contributed by atoms with E-state index in [0.717, 1.165) is 43.0 Å². The molecule has 0 amide bonds. The Balaban J connectivity index is 1.18. The Morgan fingerprint density at radius 1 is 0.370 bits per heavy atom. The minimum Gasteiger partial charge on any atom is -0.0617 e. The molecule has 0 aliphatic rings. The molecule has 0 atom stereocenters. The van der Waals surface area contributed by atoms with Gasteiger partial charge in [0, 0.05) is 0 Å². The van der Waals surface area contributed by atoms with Gasteiger partial charge in [0.1, 0.15) is 0 Å². The van der Waals surface area contributed by atoms with Crippen LogP contribution < -0.4 is 0 Å². The van der Waals surface area contributed by atoms with E-state index in [1.54, 1.807) is 11.3 Å². The van der Waals surface area contributed by atoms with Crippen molar-refractivity contribution in [1.29, 1.82) is 0 Å². The molecule has 3 aromatic heterocycles. The molecule has 0 spiro atoms. The predicted molar refractivity (Wildman–Crippen MR) is 227 cm³/mol. The zero-order valence-corrected chi connectivity index (χ0v) is 31.3. The second-order valence-electron chi connectivity index (χ2n) is 13.4. The molecule has 0 unspecified atom stereocenters. The smallest absolute Gasteiger partial charge is 0.0544 e. The molecule has 11 rings (SSSR count). The maximum Gasteiger partial charge on any atom is -0.0544 e. The molecule has 0 fully saturated rings. The standard InChI is InChI=1S/C48H28N4SSe/c1-4-12-29(13-5-1)30-20-22-33(23-21-30)46-50-45(32-15-6-2-7-16-32)51-47(52-46)40-28-39-38-27-26-36-35-19-11-10-14-31(35)24-25-37(36)43(38)54-44(39)41-42(40)53-48(49-41)34-17-8-3-9-18-34/h1-28H. The summed E-state index contributed by atoms with van der Waals surface area (Å²) in [6.07, 6.45) is 0. The number of hydrogen-bond donors (Lipinski definition) is 0. The Hall–Kier alpha value is -6.30. The fourth-order valence-corrected chi connectivity index (χ4v) is 11.5. The van der Waals surface area contributed by atoms with Crippen molar-refractivity contribution in [3.05, 3.63) is 170 Å². The van der Waals surface area contributed by atoms with Gasteiger partial charge in [-0.15, -0.1) is 0 Å². The Labute approximate surface area is 320 Å². The summed E-state index contributed by atoms with van der Waals surface area (Å²) in [7, 11) is 0. The molecular formula is C48H28N4SSe. The normalized spacial score (nSPS) is 11.7. The summed E-state index contributed by atoms with van der Waals surface area (Å²) in [5.74, 6) is 1.93. The van der Waals surface area contributed by atoms with Crippen molar-refractivity contribution < 1.29 is 0 Å². The summed E-state index contributed by atoms with van der Waals surface area (Å²) in [5, 5.41) is 8.68. The third kappa shape index (κ3) is 5.19. The van der Waals surface area contributed by atoms with E-state index in [4.69, 9.17) is 19.9 Å². The Morgan fingerprint density at radius 2 is 0.907 bits per heavy atom. The molecule has 0 bridgehead atoms. The number of fused-ring (bicyclic) bond motifs is 9. The van der Waals surface area contributed by atoms with E-state index in [-0.39, 0.29) is 14.5 Å². The molecular weight excluding hydrogens is 744 g/mol. The largest absolute Gasteiger partial charge is 0.0617 e. The van der Waals surface area contributed by atoms with Gasteiger partial charge in [-0.1, -0.05) is 30.3 Å². The topological polar surface area (TPSA) is 51.6 Å². The van der Waals surface area contributed by atoms with Gasteiger partial charge in [0.2, 0.25) is 0 Å². The zero-order valence-electron chi connectivity index (χ0n) is 28.8. The van der Waals surface area contributed by atoms with E-state index in [0.29, 0.717) is 17.5 Å². The van der Waals surface area contributed by atoms with Crippen LogP contribution in [0.2, 0.25) is 0 Å². The van der Waals surface area contributed by atoms with Crippen LogP contribution >= 0.6 is 11.3 Å². The molecule has 11 aromatic rings. The van der Waals surface area contributed by atoms with Crippen molar-refractivity contribution >= 4 is 76.9 Å². The molecule has 3 heterocycles. The number of rotatable bonds is 5. The molecule has 0 radical (unpaired) electrons. The number of thiazole rings is 1. The first-order valence-electron chi connectivity index (χ1n) is 17.9. The molecule has 0 aliphatic carbocycles.